The number of pyridine rings is 1. The monoisotopic (exact) mass is 489 g/mol. The highest BCUT2D eigenvalue weighted by Crippen LogP contribution is 2.35. The van der Waals surface area contributed by atoms with Gasteiger partial charge in [-0.15, -0.1) is 0 Å². The molecular weight excluding hydrogens is 469 g/mol. The van der Waals surface area contributed by atoms with Crippen LogP contribution in [0.4, 0.5) is 13.2 Å². The van der Waals surface area contributed by atoms with E-state index in [9.17, 15) is 18.3 Å². The van der Waals surface area contributed by atoms with Crippen LogP contribution in [0.2, 0.25) is 5.02 Å². The zero-order chi connectivity index (χ0) is 24.4. The Morgan fingerprint density at radius 2 is 1.82 bits per heavy atom. The van der Waals surface area contributed by atoms with Gasteiger partial charge in [-0.05, 0) is 59.5 Å². The molecule has 2 aromatic heterocycles. The second-order valence-corrected chi connectivity index (χ2v) is 8.31. The first-order chi connectivity index (χ1) is 16.2. The molecule has 0 aliphatic heterocycles. The van der Waals surface area contributed by atoms with Gasteiger partial charge in [0.15, 0.2) is 24.1 Å². The van der Waals surface area contributed by atoms with Gasteiger partial charge in [0, 0.05) is 18.6 Å². The average molecular weight is 490 g/mol. The molecule has 0 bridgehead atoms. The van der Waals surface area contributed by atoms with Crippen molar-refractivity contribution in [3.8, 4) is 5.88 Å². The molecule has 4 aromatic rings. The fraction of sp³-hybridized carbons (Fsp3) is 0.250. The van der Waals surface area contributed by atoms with Crippen LogP contribution in [0.25, 0.3) is 10.8 Å². The van der Waals surface area contributed by atoms with Crippen LogP contribution in [0.1, 0.15) is 42.3 Å². The van der Waals surface area contributed by atoms with Crippen molar-refractivity contribution in [1.82, 2.24) is 19.7 Å². The van der Waals surface area contributed by atoms with E-state index in [1.165, 1.54) is 35.4 Å². The van der Waals surface area contributed by atoms with Crippen LogP contribution < -0.4 is 4.74 Å². The lowest BCUT2D eigenvalue weighted by atomic mass is 9.91. The summed E-state index contributed by atoms with van der Waals surface area (Å²) >= 11 is 5.80. The third-order valence-corrected chi connectivity index (χ3v) is 5.73. The maximum atomic E-state index is 14.1. The summed E-state index contributed by atoms with van der Waals surface area (Å²) in [6.07, 6.45) is 4.18. The van der Waals surface area contributed by atoms with Gasteiger partial charge in [0.05, 0.1) is 11.1 Å². The second-order valence-electron chi connectivity index (χ2n) is 7.90. The van der Waals surface area contributed by atoms with Gasteiger partial charge in [-0.25, -0.2) is 23.1 Å². The van der Waals surface area contributed by atoms with Crippen molar-refractivity contribution < 1.29 is 23.0 Å². The average Bonchev–Trinajstić information content (AvgIpc) is 3.23. The zero-order valence-electron chi connectivity index (χ0n) is 18.3. The van der Waals surface area contributed by atoms with E-state index in [-0.39, 0.29) is 29.8 Å². The first kappa shape index (κ1) is 24.0. The van der Waals surface area contributed by atoms with Crippen LogP contribution >= 0.6 is 11.6 Å². The maximum Gasteiger partial charge on any atom is 0.221 e. The van der Waals surface area contributed by atoms with Gasteiger partial charge < -0.3 is 9.84 Å². The molecule has 10 heteroatoms. The molecule has 2 atom stereocenters. The predicted octanol–water partition coefficient (Wildman–Crippen LogP) is 5.44. The van der Waals surface area contributed by atoms with Crippen LogP contribution in [0, 0.1) is 23.9 Å². The first-order valence-corrected chi connectivity index (χ1v) is 10.8. The number of aromatic nitrogens is 4. The number of aliphatic hydroxyl groups excluding tert-OH is 1. The Bertz CT molecular complexity index is 1330. The van der Waals surface area contributed by atoms with Crippen molar-refractivity contribution in [2.75, 3.05) is 0 Å². The molecule has 0 saturated heterocycles. The SMILES string of the molecule is CC([CH]CC(O)c1ccc(F)c(Cl)c1)c1cnc(OCc2ncn(C)n2)c2cc(F)c(F)cc12. The summed E-state index contributed by atoms with van der Waals surface area (Å²) < 4.78 is 48.8. The lowest BCUT2D eigenvalue weighted by molar-refractivity contribution is 0.175. The highest BCUT2D eigenvalue weighted by atomic mass is 35.5. The molecule has 2 aromatic carbocycles. The molecule has 6 nitrogen and oxygen atoms in total. The number of rotatable bonds is 8. The minimum atomic E-state index is -1.02. The largest absolute Gasteiger partial charge is 0.469 e. The maximum absolute atomic E-state index is 14.1. The van der Waals surface area contributed by atoms with Gasteiger partial charge in [0.25, 0.3) is 0 Å². The van der Waals surface area contributed by atoms with E-state index in [0.29, 0.717) is 27.7 Å². The van der Waals surface area contributed by atoms with Gasteiger partial charge in [-0.3, -0.25) is 4.68 Å². The van der Waals surface area contributed by atoms with Gasteiger partial charge in [0.2, 0.25) is 5.88 Å². The number of nitrogens with zero attached hydrogens (tertiary/aromatic N) is 4. The van der Waals surface area contributed by atoms with Crippen LogP contribution in [0.3, 0.4) is 0 Å². The van der Waals surface area contributed by atoms with E-state index in [0.717, 1.165) is 12.1 Å². The normalized spacial score (nSPS) is 13.3. The number of aryl methyl sites for hydroxylation is 1. The van der Waals surface area contributed by atoms with Gasteiger partial charge in [-0.1, -0.05) is 24.6 Å². The molecule has 0 spiro atoms. The van der Waals surface area contributed by atoms with Crippen molar-refractivity contribution in [3.05, 3.63) is 88.7 Å². The summed E-state index contributed by atoms with van der Waals surface area (Å²) in [7, 11) is 1.72. The molecule has 1 radical (unpaired) electrons. The molecule has 2 unspecified atom stereocenters. The van der Waals surface area contributed by atoms with Crippen LogP contribution in [-0.2, 0) is 13.7 Å². The number of halogens is 4. The van der Waals surface area contributed by atoms with Crippen LogP contribution in [-0.4, -0.2) is 24.9 Å². The Balaban J connectivity index is 1.56. The van der Waals surface area contributed by atoms with E-state index in [4.69, 9.17) is 16.3 Å². The fourth-order valence-electron chi connectivity index (χ4n) is 3.61. The zero-order valence-corrected chi connectivity index (χ0v) is 19.1. The van der Waals surface area contributed by atoms with Crippen molar-refractivity contribution in [1.29, 1.82) is 0 Å². The third kappa shape index (κ3) is 5.15. The van der Waals surface area contributed by atoms with Crippen LogP contribution in [0.15, 0.2) is 42.9 Å². The summed E-state index contributed by atoms with van der Waals surface area (Å²) in [5.41, 5.74) is 1.10. The Labute approximate surface area is 199 Å². The van der Waals surface area contributed by atoms with Crippen molar-refractivity contribution in [3.63, 3.8) is 0 Å². The minimum Gasteiger partial charge on any atom is -0.469 e. The van der Waals surface area contributed by atoms with Crippen molar-refractivity contribution in [2.45, 2.75) is 32.0 Å². The van der Waals surface area contributed by atoms with Crippen molar-refractivity contribution in [2.24, 2.45) is 7.05 Å². The highest BCUT2D eigenvalue weighted by Gasteiger charge is 2.19. The van der Waals surface area contributed by atoms with E-state index >= 15 is 0 Å². The first-order valence-electron chi connectivity index (χ1n) is 10.4. The molecule has 0 amide bonds. The number of benzene rings is 2. The lowest BCUT2D eigenvalue weighted by Crippen LogP contribution is -2.06. The number of hydrogen-bond donors (Lipinski definition) is 1. The van der Waals surface area contributed by atoms with E-state index in [2.05, 4.69) is 15.1 Å². The quantitative estimate of drug-likeness (QED) is 0.356. The molecule has 4 rings (SSSR count). The molecule has 0 aliphatic carbocycles. The topological polar surface area (TPSA) is 73.1 Å². The molecule has 177 valence electrons. The smallest absolute Gasteiger partial charge is 0.221 e. The van der Waals surface area contributed by atoms with Gasteiger partial charge in [-0.2, -0.15) is 5.10 Å². The Morgan fingerprint density at radius 3 is 2.50 bits per heavy atom. The Hall–Kier alpha value is -3.17. The molecular formula is C24H21ClF3N4O2. The van der Waals surface area contributed by atoms with Crippen molar-refractivity contribution >= 4 is 22.4 Å². The Morgan fingerprint density at radius 1 is 1.09 bits per heavy atom. The van der Waals surface area contributed by atoms with E-state index < -0.39 is 23.6 Å². The summed E-state index contributed by atoms with van der Waals surface area (Å²) in [5.74, 6) is -2.32. The number of fused-ring (bicyclic) bond motifs is 1. The summed E-state index contributed by atoms with van der Waals surface area (Å²) in [6.45, 7) is 1.86. The second kappa shape index (κ2) is 9.99. The summed E-state index contributed by atoms with van der Waals surface area (Å²) in [5, 5.41) is 15.3. The molecule has 1 N–H and O–H groups in total. The molecule has 0 saturated carbocycles. The molecule has 0 aliphatic rings. The minimum absolute atomic E-state index is 0.00931. The highest BCUT2D eigenvalue weighted by molar-refractivity contribution is 6.30. The molecule has 34 heavy (non-hydrogen) atoms. The lowest BCUT2D eigenvalue weighted by Gasteiger charge is -2.18. The third-order valence-electron chi connectivity index (χ3n) is 5.44. The summed E-state index contributed by atoms with van der Waals surface area (Å²) in [6, 6.07) is 6.18. The fourth-order valence-corrected chi connectivity index (χ4v) is 3.80. The van der Waals surface area contributed by atoms with E-state index in [1.807, 2.05) is 13.3 Å². The van der Waals surface area contributed by atoms with E-state index in [1.54, 1.807) is 7.05 Å². The predicted molar refractivity (Wildman–Crippen MR) is 121 cm³/mol. The van der Waals surface area contributed by atoms with Crippen LogP contribution in [0.5, 0.6) is 5.88 Å². The number of aliphatic hydroxyl groups is 1. The molecule has 2 heterocycles. The van der Waals surface area contributed by atoms with Gasteiger partial charge >= 0.3 is 0 Å². The van der Waals surface area contributed by atoms with Gasteiger partial charge in [0.1, 0.15) is 12.1 Å². The number of hydrogen-bond acceptors (Lipinski definition) is 5. The standard InChI is InChI=1S/C24H21ClF3N4O2/c1-13(3-6-22(33)14-4-5-19(26)18(25)7-14)17-10-29-24(34-11-23-30-12-32(2)31-23)16-9-21(28)20(27)8-15(16)17/h3-5,7-10,12-13,22,33H,6,11H2,1-2H3. The number of ether oxygens (including phenoxy) is 1. The summed E-state index contributed by atoms with van der Waals surface area (Å²) in [4.78, 5) is 8.38. The molecule has 0 fully saturated rings. The Kier molecular flexibility index (Phi) is 7.04.